The summed E-state index contributed by atoms with van der Waals surface area (Å²) in [5.74, 6) is -1.98. The molecule has 0 saturated carbocycles. The van der Waals surface area contributed by atoms with Gasteiger partial charge in [-0.25, -0.2) is 0 Å². The highest BCUT2D eigenvalue weighted by molar-refractivity contribution is 7.09. The van der Waals surface area contributed by atoms with Gasteiger partial charge in [0, 0.05) is 24.5 Å². The summed E-state index contributed by atoms with van der Waals surface area (Å²) >= 11 is 0.659. The maximum absolute atomic E-state index is 12.2. The summed E-state index contributed by atoms with van der Waals surface area (Å²) in [6.45, 7) is 0.451. The average Bonchev–Trinajstić information content (AvgIpc) is 2.71. The van der Waals surface area contributed by atoms with E-state index >= 15 is 0 Å². The standard InChI is InChI=1S/C9H12F3N3O2S/c10-9(11,12)7-14-8(18-15-7)13-5-3-1-2-4-6(16)17/h1-5H2,(H,16,17)(H,13,14,15). The third kappa shape index (κ3) is 5.30. The molecule has 0 saturated heterocycles. The zero-order valence-electron chi connectivity index (χ0n) is 9.33. The molecule has 1 aromatic rings. The lowest BCUT2D eigenvalue weighted by molar-refractivity contribution is -0.144. The number of hydrogen-bond donors (Lipinski definition) is 2. The Kier molecular flexibility index (Phi) is 5.32. The molecule has 0 unspecified atom stereocenters. The predicted molar refractivity (Wildman–Crippen MR) is 59.5 cm³/mol. The summed E-state index contributed by atoms with van der Waals surface area (Å²) in [5, 5.41) is 11.2. The molecule has 0 aliphatic heterocycles. The fourth-order valence-electron chi connectivity index (χ4n) is 1.18. The Balaban J connectivity index is 2.20. The van der Waals surface area contributed by atoms with Gasteiger partial charge in [-0.3, -0.25) is 4.79 Å². The molecule has 5 nitrogen and oxygen atoms in total. The number of alkyl halides is 3. The van der Waals surface area contributed by atoms with Gasteiger partial charge < -0.3 is 10.4 Å². The van der Waals surface area contributed by atoms with Gasteiger partial charge in [0.15, 0.2) is 0 Å². The van der Waals surface area contributed by atoms with E-state index in [1.54, 1.807) is 0 Å². The Morgan fingerprint density at radius 2 is 2.06 bits per heavy atom. The van der Waals surface area contributed by atoms with Crippen LogP contribution in [-0.4, -0.2) is 27.0 Å². The largest absolute Gasteiger partial charge is 0.481 e. The van der Waals surface area contributed by atoms with Crippen molar-refractivity contribution in [3.05, 3.63) is 5.82 Å². The molecule has 2 N–H and O–H groups in total. The van der Waals surface area contributed by atoms with E-state index in [9.17, 15) is 18.0 Å². The van der Waals surface area contributed by atoms with Crippen molar-refractivity contribution in [1.29, 1.82) is 0 Å². The predicted octanol–water partition coefficient (Wildman–Crippen LogP) is 2.61. The number of carboxylic acid groups (broad SMARTS) is 1. The highest BCUT2D eigenvalue weighted by Gasteiger charge is 2.35. The van der Waals surface area contributed by atoms with Crippen molar-refractivity contribution in [3.8, 4) is 0 Å². The fourth-order valence-corrected chi connectivity index (χ4v) is 1.79. The number of anilines is 1. The summed E-state index contributed by atoms with van der Waals surface area (Å²) in [7, 11) is 0. The van der Waals surface area contributed by atoms with Crippen LogP contribution in [0.3, 0.4) is 0 Å². The Morgan fingerprint density at radius 3 is 2.61 bits per heavy atom. The van der Waals surface area contributed by atoms with Gasteiger partial charge in [-0.15, -0.1) is 0 Å². The number of aromatic nitrogens is 2. The number of carboxylic acids is 1. The van der Waals surface area contributed by atoms with E-state index in [2.05, 4.69) is 14.7 Å². The highest BCUT2D eigenvalue weighted by atomic mass is 32.1. The van der Waals surface area contributed by atoms with Crippen LogP contribution in [0, 0.1) is 0 Å². The van der Waals surface area contributed by atoms with Crippen molar-refractivity contribution < 1.29 is 23.1 Å². The molecule has 18 heavy (non-hydrogen) atoms. The maximum Gasteiger partial charge on any atom is 0.452 e. The van der Waals surface area contributed by atoms with E-state index < -0.39 is 18.0 Å². The summed E-state index contributed by atoms with van der Waals surface area (Å²) in [4.78, 5) is 13.5. The summed E-state index contributed by atoms with van der Waals surface area (Å²) < 4.78 is 39.7. The van der Waals surface area contributed by atoms with Crippen LogP contribution in [0.25, 0.3) is 0 Å². The van der Waals surface area contributed by atoms with E-state index in [4.69, 9.17) is 5.11 Å². The number of halogens is 3. The number of unbranched alkanes of at least 4 members (excludes halogenated alkanes) is 2. The molecule has 0 aliphatic carbocycles. The SMILES string of the molecule is O=C(O)CCCCCNc1nc(C(F)(F)F)ns1. The fraction of sp³-hybridized carbons (Fsp3) is 0.667. The first kappa shape index (κ1) is 14.7. The van der Waals surface area contributed by atoms with Crippen molar-refractivity contribution in [2.24, 2.45) is 0 Å². The summed E-state index contributed by atoms with van der Waals surface area (Å²) in [6, 6.07) is 0. The second kappa shape index (κ2) is 6.53. The van der Waals surface area contributed by atoms with Gasteiger partial charge in [0.2, 0.25) is 11.0 Å². The lowest BCUT2D eigenvalue weighted by Gasteiger charge is -2.01. The van der Waals surface area contributed by atoms with E-state index in [1.807, 2.05) is 0 Å². The first-order chi connectivity index (χ1) is 8.39. The van der Waals surface area contributed by atoms with Crippen LogP contribution in [-0.2, 0) is 11.0 Å². The van der Waals surface area contributed by atoms with Crippen molar-refractivity contribution in [2.45, 2.75) is 31.9 Å². The minimum atomic E-state index is -4.52. The molecule has 1 heterocycles. The second-order valence-electron chi connectivity index (χ2n) is 3.55. The lowest BCUT2D eigenvalue weighted by atomic mass is 10.2. The minimum Gasteiger partial charge on any atom is -0.481 e. The van der Waals surface area contributed by atoms with E-state index in [0.29, 0.717) is 37.3 Å². The smallest absolute Gasteiger partial charge is 0.452 e. The quantitative estimate of drug-likeness (QED) is 0.752. The molecule has 0 bridgehead atoms. The van der Waals surface area contributed by atoms with Crippen LogP contribution in [0.15, 0.2) is 0 Å². The first-order valence-electron chi connectivity index (χ1n) is 5.26. The number of rotatable bonds is 7. The van der Waals surface area contributed by atoms with E-state index in [1.165, 1.54) is 0 Å². The Labute approximate surface area is 105 Å². The van der Waals surface area contributed by atoms with Gasteiger partial charge in [0.25, 0.3) is 0 Å². The van der Waals surface area contributed by atoms with Crippen LogP contribution in [0.5, 0.6) is 0 Å². The van der Waals surface area contributed by atoms with Crippen LogP contribution >= 0.6 is 11.5 Å². The molecular formula is C9H12F3N3O2S. The molecule has 0 atom stereocenters. The van der Waals surface area contributed by atoms with Crippen molar-refractivity contribution >= 4 is 22.6 Å². The molecule has 0 aliphatic rings. The van der Waals surface area contributed by atoms with E-state index in [0.717, 1.165) is 0 Å². The lowest BCUT2D eigenvalue weighted by Crippen LogP contribution is -2.08. The van der Waals surface area contributed by atoms with Crippen molar-refractivity contribution in [2.75, 3.05) is 11.9 Å². The third-order valence-corrected chi connectivity index (χ3v) is 2.70. The molecular weight excluding hydrogens is 271 g/mol. The Hall–Kier alpha value is -1.38. The topological polar surface area (TPSA) is 75.1 Å². The number of carbonyl (C=O) groups is 1. The summed E-state index contributed by atoms with van der Waals surface area (Å²) in [5.41, 5.74) is 0. The zero-order chi connectivity index (χ0) is 13.6. The number of nitrogens with zero attached hydrogens (tertiary/aromatic N) is 2. The normalized spacial score (nSPS) is 11.5. The number of hydrogen-bond acceptors (Lipinski definition) is 5. The third-order valence-electron chi connectivity index (χ3n) is 2.02. The molecule has 0 fully saturated rings. The van der Waals surface area contributed by atoms with Crippen molar-refractivity contribution in [3.63, 3.8) is 0 Å². The van der Waals surface area contributed by atoms with Crippen LogP contribution in [0.4, 0.5) is 18.3 Å². The zero-order valence-corrected chi connectivity index (χ0v) is 10.1. The average molecular weight is 283 g/mol. The van der Waals surface area contributed by atoms with Crippen LogP contribution in [0.2, 0.25) is 0 Å². The molecule has 0 spiro atoms. The highest BCUT2D eigenvalue weighted by Crippen LogP contribution is 2.28. The van der Waals surface area contributed by atoms with Gasteiger partial charge in [-0.1, -0.05) is 6.42 Å². The number of nitrogens with one attached hydrogen (secondary N) is 1. The number of aliphatic carboxylic acids is 1. The Bertz CT molecular complexity index is 395. The van der Waals surface area contributed by atoms with Gasteiger partial charge in [0.05, 0.1) is 0 Å². The van der Waals surface area contributed by atoms with Gasteiger partial charge in [-0.05, 0) is 12.8 Å². The minimum absolute atomic E-state index is 0.108. The molecule has 0 radical (unpaired) electrons. The Morgan fingerprint density at radius 1 is 1.33 bits per heavy atom. The van der Waals surface area contributed by atoms with Crippen molar-refractivity contribution in [1.82, 2.24) is 9.36 Å². The van der Waals surface area contributed by atoms with Gasteiger partial charge in [0.1, 0.15) is 0 Å². The first-order valence-corrected chi connectivity index (χ1v) is 6.03. The van der Waals surface area contributed by atoms with Crippen LogP contribution in [0.1, 0.15) is 31.5 Å². The molecule has 1 aromatic heterocycles. The molecule has 9 heteroatoms. The molecule has 1 rings (SSSR count). The van der Waals surface area contributed by atoms with Gasteiger partial charge >= 0.3 is 12.1 Å². The maximum atomic E-state index is 12.2. The molecule has 102 valence electrons. The molecule has 0 amide bonds. The molecule has 0 aromatic carbocycles. The monoisotopic (exact) mass is 283 g/mol. The van der Waals surface area contributed by atoms with E-state index in [-0.39, 0.29) is 11.6 Å². The summed E-state index contributed by atoms with van der Waals surface area (Å²) in [6.07, 6.45) is -2.48. The van der Waals surface area contributed by atoms with Gasteiger partial charge in [-0.2, -0.15) is 22.5 Å². The van der Waals surface area contributed by atoms with Crippen LogP contribution < -0.4 is 5.32 Å². The second-order valence-corrected chi connectivity index (χ2v) is 4.30.